The number of hydrogen-bond acceptors (Lipinski definition) is 5. The van der Waals surface area contributed by atoms with Crippen LogP contribution in [0.15, 0.2) is 35.5 Å². The Morgan fingerprint density at radius 3 is 2.70 bits per heavy atom. The van der Waals surface area contributed by atoms with Crippen molar-refractivity contribution < 1.29 is 23.1 Å². The number of rotatable bonds is 5. The summed E-state index contributed by atoms with van der Waals surface area (Å²) in [6.07, 6.45) is 3.01. The highest BCUT2D eigenvalue weighted by molar-refractivity contribution is 6.35. The highest BCUT2D eigenvalue weighted by Crippen LogP contribution is 2.41. The van der Waals surface area contributed by atoms with Crippen molar-refractivity contribution in [2.45, 2.75) is 56.9 Å². The Hall–Kier alpha value is -3.08. The summed E-state index contributed by atoms with van der Waals surface area (Å²) < 4.78 is 41.7. The normalized spacial score (nSPS) is 16.8. The van der Waals surface area contributed by atoms with Crippen molar-refractivity contribution in [3.8, 4) is 5.75 Å². The van der Waals surface area contributed by atoms with Gasteiger partial charge in [-0.15, -0.1) is 0 Å². The van der Waals surface area contributed by atoms with Crippen molar-refractivity contribution in [3.63, 3.8) is 0 Å². The van der Waals surface area contributed by atoms with Crippen molar-refractivity contribution in [1.29, 1.82) is 0 Å². The first-order chi connectivity index (χ1) is 15.5. The summed E-state index contributed by atoms with van der Waals surface area (Å²) in [6, 6.07) is 1.42. The summed E-state index contributed by atoms with van der Waals surface area (Å²) in [5, 5.41) is 17.1. The summed E-state index contributed by atoms with van der Waals surface area (Å²) in [5.74, 6) is -2.09. The van der Waals surface area contributed by atoms with E-state index in [0.29, 0.717) is 23.5 Å². The number of nitrogens with one attached hydrogen (secondary N) is 1. The largest absolute Gasteiger partial charge is 0.503 e. The third-order valence-corrected chi connectivity index (χ3v) is 6.32. The molecule has 0 aromatic carbocycles. The van der Waals surface area contributed by atoms with E-state index in [1.807, 2.05) is 10.6 Å². The molecule has 0 spiro atoms. The molecule has 1 aliphatic rings. The molecule has 1 saturated carbocycles. The molecule has 3 aromatic rings. The zero-order valence-corrected chi connectivity index (χ0v) is 18.3. The minimum Gasteiger partial charge on any atom is -0.503 e. The molecule has 3 heterocycles. The lowest BCUT2D eigenvalue weighted by molar-refractivity contribution is -0.149. The van der Waals surface area contributed by atoms with Crippen molar-refractivity contribution in [3.05, 3.63) is 51.7 Å². The molecule has 0 unspecified atom stereocenters. The molecule has 1 amide bonds. The number of carbonyl (C=O) groups excluding carboxylic acids is 1. The van der Waals surface area contributed by atoms with Crippen molar-refractivity contribution in [2.24, 2.45) is 0 Å². The molecule has 1 fully saturated rings. The van der Waals surface area contributed by atoms with Crippen LogP contribution in [0.1, 0.15) is 43.1 Å². The summed E-state index contributed by atoms with van der Waals surface area (Å²) in [6.45, 7) is 0.896. The van der Waals surface area contributed by atoms with Gasteiger partial charge in [0.05, 0.1) is 23.3 Å². The molecule has 1 atom stereocenters. The molecule has 12 heteroatoms. The molecule has 2 N–H and O–H groups in total. The molecule has 0 radical (unpaired) electrons. The molecule has 176 valence electrons. The lowest BCUT2D eigenvalue weighted by Crippen LogP contribution is -2.45. The molecule has 3 aromatic heterocycles. The Bertz CT molecular complexity index is 1260. The van der Waals surface area contributed by atoms with Gasteiger partial charge < -0.3 is 15.0 Å². The van der Waals surface area contributed by atoms with Gasteiger partial charge in [0, 0.05) is 17.8 Å². The average Bonchev–Trinajstić information content (AvgIpc) is 3.35. The number of halogens is 4. The molecular weight excluding hydrogens is 463 g/mol. The fourth-order valence-electron chi connectivity index (χ4n) is 4.29. The second-order valence-corrected chi connectivity index (χ2v) is 8.69. The minimum absolute atomic E-state index is 0.145. The summed E-state index contributed by atoms with van der Waals surface area (Å²) in [5.41, 5.74) is -1.87. The van der Waals surface area contributed by atoms with Gasteiger partial charge in [0.25, 0.3) is 11.3 Å². The predicted octanol–water partition coefficient (Wildman–Crippen LogP) is 3.60. The Kier molecular flexibility index (Phi) is 5.85. The van der Waals surface area contributed by atoms with Gasteiger partial charge in [-0.05, 0) is 31.9 Å². The summed E-state index contributed by atoms with van der Waals surface area (Å²) >= 11 is 6.41. The van der Waals surface area contributed by atoms with E-state index in [1.165, 1.54) is 4.68 Å². The second kappa shape index (κ2) is 8.36. The number of alkyl halides is 3. The van der Waals surface area contributed by atoms with Crippen LogP contribution in [-0.2, 0) is 12.1 Å². The molecule has 1 aliphatic carbocycles. The molecule has 0 bridgehead atoms. The summed E-state index contributed by atoms with van der Waals surface area (Å²) in [7, 11) is 0. The van der Waals surface area contributed by atoms with E-state index in [0.717, 1.165) is 31.3 Å². The number of pyridine rings is 1. The van der Waals surface area contributed by atoms with Crippen molar-refractivity contribution >= 4 is 28.5 Å². The first kappa shape index (κ1) is 23.1. The van der Waals surface area contributed by atoms with E-state index in [1.54, 1.807) is 23.8 Å². The first-order valence-electron chi connectivity index (χ1n) is 10.3. The number of fused-ring (bicyclic) bond motifs is 1. The maximum absolute atomic E-state index is 12.8. The maximum atomic E-state index is 12.8. The standard InChI is InChI=1S/C21H21ClF3N5O3/c1-12(21(23,24)25)27-19(33)16-17(32)15(31)10-29(28-16)11-20(6-2-3-7-20)30-9-14(22)13-5-4-8-26-18(13)30/h4-5,8-10,12,31H,2-3,6-7,11H2,1H3,(H,27,33)/t12-/m0/s1. The van der Waals surface area contributed by atoms with Gasteiger partial charge in [0.1, 0.15) is 11.7 Å². The Morgan fingerprint density at radius 1 is 1.33 bits per heavy atom. The average molecular weight is 484 g/mol. The van der Waals surface area contributed by atoms with E-state index in [4.69, 9.17) is 11.6 Å². The van der Waals surface area contributed by atoms with Crippen molar-refractivity contribution in [2.75, 3.05) is 0 Å². The van der Waals surface area contributed by atoms with E-state index in [9.17, 15) is 27.9 Å². The number of aromatic hydroxyl groups is 1. The van der Waals surface area contributed by atoms with E-state index in [-0.39, 0.29) is 6.54 Å². The quantitative estimate of drug-likeness (QED) is 0.577. The van der Waals surface area contributed by atoms with Crippen LogP contribution in [0, 0.1) is 0 Å². The van der Waals surface area contributed by atoms with Gasteiger partial charge >= 0.3 is 6.18 Å². The van der Waals surface area contributed by atoms with Crippen LogP contribution in [0.5, 0.6) is 5.75 Å². The number of nitrogens with zero attached hydrogens (tertiary/aromatic N) is 4. The Balaban J connectivity index is 1.73. The highest BCUT2D eigenvalue weighted by atomic mass is 35.5. The topological polar surface area (TPSA) is 102 Å². The van der Waals surface area contributed by atoms with Gasteiger partial charge in [-0.3, -0.25) is 14.3 Å². The zero-order chi connectivity index (χ0) is 24.0. The van der Waals surface area contributed by atoms with E-state index in [2.05, 4.69) is 10.1 Å². The number of amides is 1. The van der Waals surface area contributed by atoms with Crippen LogP contribution in [0.3, 0.4) is 0 Å². The van der Waals surface area contributed by atoms with Crippen LogP contribution in [0.25, 0.3) is 11.0 Å². The number of hydrogen-bond donors (Lipinski definition) is 2. The number of aromatic nitrogens is 4. The first-order valence-corrected chi connectivity index (χ1v) is 10.7. The molecule has 8 nitrogen and oxygen atoms in total. The van der Waals surface area contributed by atoms with Gasteiger partial charge in [-0.1, -0.05) is 24.4 Å². The van der Waals surface area contributed by atoms with Gasteiger partial charge in [0.15, 0.2) is 11.4 Å². The Morgan fingerprint density at radius 2 is 2.03 bits per heavy atom. The zero-order valence-electron chi connectivity index (χ0n) is 17.6. The van der Waals surface area contributed by atoms with Crippen LogP contribution in [0.2, 0.25) is 5.02 Å². The highest BCUT2D eigenvalue weighted by Gasteiger charge is 2.39. The fourth-order valence-corrected chi connectivity index (χ4v) is 4.54. The lowest BCUT2D eigenvalue weighted by atomic mass is 9.97. The van der Waals surface area contributed by atoms with Gasteiger partial charge in [-0.2, -0.15) is 18.3 Å². The van der Waals surface area contributed by atoms with Crippen LogP contribution < -0.4 is 10.7 Å². The third kappa shape index (κ3) is 4.29. The van der Waals surface area contributed by atoms with Crippen molar-refractivity contribution in [1.82, 2.24) is 24.6 Å². The summed E-state index contributed by atoms with van der Waals surface area (Å²) in [4.78, 5) is 29.1. The van der Waals surface area contributed by atoms with Crippen LogP contribution in [0.4, 0.5) is 13.2 Å². The predicted molar refractivity (Wildman–Crippen MR) is 114 cm³/mol. The smallest absolute Gasteiger partial charge is 0.408 e. The lowest BCUT2D eigenvalue weighted by Gasteiger charge is -2.32. The fraction of sp³-hybridized carbons (Fsp3) is 0.429. The van der Waals surface area contributed by atoms with Crippen LogP contribution in [-0.4, -0.2) is 42.6 Å². The molecule has 0 saturated heterocycles. The SMILES string of the molecule is C[C@H](NC(=O)c1nn(CC2(n3cc(Cl)c4cccnc43)CCCC2)cc(O)c1=O)C(F)(F)F. The van der Waals surface area contributed by atoms with Crippen LogP contribution >= 0.6 is 11.6 Å². The maximum Gasteiger partial charge on any atom is 0.408 e. The molecule has 0 aliphatic heterocycles. The van der Waals surface area contributed by atoms with Gasteiger partial charge in [-0.25, -0.2) is 4.98 Å². The van der Waals surface area contributed by atoms with Gasteiger partial charge in [0.2, 0.25) is 0 Å². The second-order valence-electron chi connectivity index (χ2n) is 8.28. The molecular formula is C21H21ClF3N5O3. The monoisotopic (exact) mass is 483 g/mol. The molecule has 4 rings (SSSR count). The third-order valence-electron chi connectivity index (χ3n) is 6.02. The Labute approximate surface area is 191 Å². The van der Waals surface area contributed by atoms with E-state index >= 15 is 0 Å². The number of carbonyl (C=O) groups is 1. The van der Waals surface area contributed by atoms with E-state index < -0.39 is 40.5 Å². The minimum atomic E-state index is -4.69. The molecule has 33 heavy (non-hydrogen) atoms.